The molecule has 6 heteroatoms. The lowest BCUT2D eigenvalue weighted by Gasteiger charge is -2.12. The van der Waals surface area contributed by atoms with Crippen LogP contribution in [0.15, 0.2) is 36.4 Å². The predicted molar refractivity (Wildman–Crippen MR) is 76.8 cm³/mol. The molecule has 2 rings (SSSR count). The van der Waals surface area contributed by atoms with Gasteiger partial charge in [-0.15, -0.1) is 0 Å². The third kappa shape index (κ3) is 3.29. The predicted octanol–water partition coefficient (Wildman–Crippen LogP) is 3.20. The Labute approximate surface area is 121 Å². The minimum Gasteiger partial charge on any atom is -0.493 e. The van der Waals surface area contributed by atoms with Gasteiger partial charge in [-0.25, -0.2) is 0 Å². The van der Waals surface area contributed by atoms with E-state index in [1.807, 2.05) is 6.92 Å². The van der Waals surface area contributed by atoms with Gasteiger partial charge in [-0.1, -0.05) is 12.1 Å². The number of nitro groups is 1. The summed E-state index contributed by atoms with van der Waals surface area (Å²) in [5.74, 6) is 0.899. The molecule has 0 aliphatic carbocycles. The van der Waals surface area contributed by atoms with Crippen LogP contribution in [-0.2, 0) is 6.61 Å². The Kier molecular flexibility index (Phi) is 4.39. The lowest BCUT2D eigenvalue weighted by molar-refractivity contribution is -0.385. The summed E-state index contributed by atoms with van der Waals surface area (Å²) >= 11 is 0. The Morgan fingerprint density at radius 1 is 1.14 bits per heavy atom. The van der Waals surface area contributed by atoms with Gasteiger partial charge in [-0.2, -0.15) is 0 Å². The molecule has 0 atom stereocenters. The first-order chi connectivity index (χ1) is 10.0. The molecule has 0 saturated carbocycles. The van der Waals surface area contributed by atoms with Crippen molar-refractivity contribution in [3.05, 3.63) is 57.6 Å². The minimum atomic E-state index is -0.497. The molecule has 0 aliphatic rings. The first-order valence-corrected chi connectivity index (χ1v) is 6.26. The topological polar surface area (TPSA) is 81.8 Å². The Morgan fingerprint density at radius 2 is 1.90 bits per heavy atom. The lowest BCUT2D eigenvalue weighted by atomic mass is 10.2. The second-order valence-electron chi connectivity index (χ2n) is 4.47. The first-order valence-electron chi connectivity index (χ1n) is 6.26. The van der Waals surface area contributed by atoms with Gasteiger partial charge in [-0.3, -0.25) is 10.1 Å². The van der Waals surface area contributed by atoms with Crippen LogP contribution in [0.25, 0.3) is 0 Å². The molecule has 0 radical (unpaired) electrons. The van der Waals surface area contributed by atoms with Crippen molar-refractivity contribution in [3.8, 4) is 17.2 Å². The summed E-state index contributed by atoms with van der Waals surface area (Å²) in [6, 6.07) is 9.54. The third-order valence-electron chi connectivity index (χ3n) is 2.94. The number of hydrogen-bond donors (Lipinski definition) is 1. The zero-order valence-electron chi connectivity index (χ0n) is 11.7. The molecule has 21 heavy (non-hydrogen) atoms. The minimum absolute atomic E-state index is 0.117. The fourth-order valence-electron chi connectivity index (χ4n) is 1.87. The summed E-state index contributed by atoms with van der Waals surface area (Å²) in [4.78, 5) is 10.5. The highest BCUT2D eigenvalue weighted by molar-refractivity contribution is 5.53. The number of methoxy groups -OCH3 is 1. The number of aliphatic hydroxyl groups excluding tert-OH is 1. The fourth-order valence-corrected chi connectivity index (χ4v) is 1.87. The highest BCUT2D eigenvalue weighted by atomic mass is 16.6. The van der Waals surface area contributed by atoms with Crippen molar-refractivity contribution in [2.45, 2.75) is 13.5 Å². The monoisotopic (exact) mass is 289 g/mol. The average Bonchev–Trinajstić information content (AvgIpc) is 2.47. The molecule has 0 bridgehead atoms. The van der Waals surface area contributed by atoms with Crippen molar-refractivity contribution < 1.29 is 19.5 Å². The van der Waals surface area contributed by atoms with E-state index in [0.717, 1.165) is 5.56 Å². The number of aliphatic hydroxyl groups is 1. The lowest BCUT2D eigenvalue weighted by Crippen LogP contribution is -1.96. The van der Waals surface area contributed by atoms with Crippen LogP contribution in [0, 0.1) is 17.0 Å². The third-order valence-corrected chi connectivity index (χ3v) is 2.94. The number of rotatable bonds is 5. The van der Waals surface area contributed by atoms with Crippen LogP contribution in [0.2, 0.25) is 0 Å². The number of ether oxygens (including phenoxy) is 2. The SMILES string of the molecule is COc1cc(CO)ccc1Oc1cc(C)ccc1[N+](=O)[O-]. The van der Waals surface area contributed by atoms with Crippen LogP contribution in [0.3, 0.4) is 0 Å². The summed E-state index contributed by atoms with van der Waals surface area (Å²) in [6.45, 7) is 1.70. The summed E-state index contributed by atoms with van der Waals surface area (Å²) in [6.07, 6.45) is 0. The molecule has 1 N–H and O–H groups in total. The highest BCUT2D eigenvalue weighted by Crippen LogP contribution is 2.37. The molecule has 0 fully saturated rings. The van der Waals surface area contributed by atoms with Gasteiger partial charge in [-0.05, 0) is 36.2 Å². The van der Waals surface area contributed by atoms with Gasteiger partial charge in [0.1, 0.15) is 0 Å². The normalized spacial score (nSPS) is 10.2. The van der Waals surface area contributed by atoms with Gasteiger partial charge in [0.2, 0.25) is 5.75 Å². The van der Waals surface area contributed by atoms with Crippen molar-refractivity contribution in [1.29, 1.82) is 0 Å². The van der Waals surface area contributed by atoms with Crippen molar-refractivity contribution in [3.63, 3.8) is 0 Å². The largest absolute Gasteiger partial charge is 0.493 e. The van der Waals surface area contributed by atoms with Gasteiger partial charge in [0.05, 0.1) is 18.6 Å². The first kappa shape index (κ1) is 14.8. The molecule has 2 aromatic carbocycles. The number of nitrogens with zero attached hydrogens (tertiary/aromatic N) is 1. The molecule has 6 nitrogen and oxygen atoms in total. The second-order valence-corrected chi connectivity index (χ2v) is 4.47. The Balaban J connectivity index is 2.42. The number of nitro benzene ring substituents is 1. The fraction of sp³-hybridized carbons (Fsp3) is 0.200. The maximum absolute atomic E-state index is 11.0. The zero-order valence-corrected chi connectivity index (χ0v) is 11.7. The molecule has 0 spiro atoms. The quantitative estimate of drug-likeness (QED) is 0.675. The van der Waals surface area contributed by atoms with Gasteiger partial charge < -0.3 is 14.6 Å². The Morgan fingerprint density at radius 3 is 2.52 bits per heavy atom. The van der Waals surface area contributed by atoms with E-state index < -0.39 is 4.92 Å². The molecule has 0 unspecified atom stereocenters. The van der Waals surface area contributed by atoms with E-state index in [1.54, 1.807) is 30.3 Å². The van der Waals surface area contributed by atoms with E-state index >= 15 is 0 Å². The smallest absolute Gasteiger partial charge is 0.311 e. The van der Waals surface area contributed by atoms with E-state index in [2.05, 4.69) is 0 Å². The summed E-state index contributed by atoms with van der Waals surface area (Å²) < 4.78 is 10.8. The van der Waals surface area contributed by atoms with Crippen LogP contribution < -0.4 is 9.47 Å². The van der Waals surface area contributed by atoms with E-state index in [0.29, 0.717) is 17.1 Å². The maximum Gasteiger partial charge on any atom is 0.311 e. The van der Waals surface area contributed by atoms with Crippen LogP contribution in [-0.4, -0.2) is 17.1 Å². The number of aryl methyl sites for hydroxylation is 1. The van der Waals surface area contributed by atoms with Crippen molar-refractivity contribution in [2.75, 3.05) is 7.11 Å². The molecule has 0 amide bonds. The molecule has 110 valence electrons. The zero-order chi connectivity index (χ0) is 15.4. The number of benzene rings is 2. The van der Waals surface area contributed by atoms with Crippen molar-refractivity contribution in [2.24, 2.45) is 0 Å². The van der Waals surface area contributed by atoms with Crippen molar-refractivity contribution in [1.82, 2.24) is 0 Å². The molecule has 0 aliphatic heterocycles. The van der Waals surface area contributed by atoms with Gasteiger partial charge in [0.15, 0.2) is 11.5 Å². The van der Waals surface area contributed by atoms with Gasteiger partial charge in [0, 0.05) is 6.07 Å². The Hall–Kier alpha value is -2.60. The van der Waals surface area contributed by atoms with Gasteiger partial charge in [0.25, 0.3) is 0 Å². The second kappa shape index (κ2) is 6.23. The molecule has 2 aromatic rings. The molecular weight excluding hydrogens is 274 g/mol. The van der Waals surface area contributed by atoms with E-state index in [9.17, 15) is 10.1 Å². The maximum atomic E-state index is 11.0. The average molecular weight is 289 g/mol. The standard InChI is InChI=1S/C15H15NO5/c1-10-3-5-12(16(18)19)14(7-10)21-13-6-4-11(9-17)8-15(13)20-2/h3-8,17H,9H2,1-2H3. The molecule has 0 aromatic heterocycles. The summed E-state index contributed by atoms with van der Waals surface area (Å²) in [7, 11) is 1.47. The van der Waals surface area contributed by atoms with E-state index in [4.69, 9.17) is 14.6 Å². The van der Waals surface area contributed by atoms with Crippen LogP contribution in [0.4, 0.5) is 5.69 Å². The highest BCUT2D eigenvalue weighted by Gasteiger charge is 2.17. The summed E-state index contributed by atoms with van der Waals surface area (Å²) in [5.41, 5.74) is 1.40. The Bertz CT molecular complexity index is 669. The molecule has 0 heterocycles. The van der Waals surface area contributed by atoms with Crippen LogP contribution in [0.5, 0.6) is 17.2 Å². The summed E-state index contributed by atoms with van der Waals surface area (Å²) in [5, 5.41) is 20.1. The molecular formula is C15H15NO5. The number of hydrogen-bond acceptors (Lipinski definition) is 5. The molecule has 0 saturated heterocycles. The van der Waals surface area contributed by atoms with Crippen molar-refractivity contribution >= 4 is 5.69 Å². The van der Waals surface area contributed by atoms with Crippen LogP contribution in [0.1, 0.15) is 11.1 Å². The van der Waals surface area contributed by atoms with E-state index in [1.165, 1.54) is 13.2 Å². The van der Waals surface area contributed by atoms with Crippen LogP contribution >= 0.6 is 0 Å². The van der Waals surface area contributed by atoms with E-state index in [-0.39, 0.29) is 18.0 Å². The van der Waals surface area contributed by atoms with Gasteiger partial charge >= 0.3 is 5.69 Å².